The van der Waals surface area contributed by atoms with Crippen LogP contribution >= 0.6 is 0 Å². The Bertz CT molecular complexity index is 246. The maximum absolute atomic E-state index is 9.44. The van der Waals surface area contributed by atoms with Crippen LogP contribution in [0.2, 0.25) is 0 Å². The first-order chi connectivity index (χ1) is 7.32. The van der Waals surface area contributed by atoms with E-state index in [-0.39, 0.29) is 19.0 Å². The predicted molar refractivity (Wildman–Crippen MR) is 74.0 cm³/mol. The number of carbonyl (C=O) groups is 2. The van der Waals surface area contributed by atoms with Gasteiger partial charge in [0.2, 0.25) is 0 Å². The normalized spacial score (nSPS) is 27.0. The summed E-state index contributed by atoms with van der Waals surface area (Å²) in [5.41, 5.74) is 0. The van der Waals surface area contributed by atoms with Crippen molar-refractivity contribution in [2.75, 3.05) is 0 Å². The van der Waals surface area contributed by atoms with Crippen LogP contribution in [0.3, 0.4) is 0 Å². The number of allylic oxidation sites excluding steroid dienone is 2. The van der Waals surface area contributed by atoms with Crippen molar-refractivity contribution in [1.29, 1.82) is 0 Å². The van der Waals surface area contributed by atoms with Crippen LogP contribution in [0.1, 0.15) is 54.9 Å². The first kappa shape index (κ1) is 18.4. The summed E-state index contributed by atoms with van der Waals surface area (Å²) in [6.07, 6.45) is 7.71. The molecule has 0 aliphatic heterocycles. The molecule has 2 heteroatoms. The lowest BCUT2D eigenvalue weighted by Crippen LogP contribution is -1.99. The van der Waals surface area contributed by atoms with E-state index in [1.54, 1.807) is 0 Å². The molecule has 100 valence electrons. The topological polar surface area (TPSA) is 34.1 Å². The fraction of sp³-hybridized carbons (Fsp3) is 0.733. The van der Waals surface area contributed by atoms with E-state index in [1.165, 1.54) is 40.5 Å². The Morgan fingerprint density at radius 1 is 0.941 bits per heavy atom. The van der Waals surface area contributed by atoms with Crippen molar-refractivity contribution in [3.63, 3.8) is 0 Å². The molecule has 1 fully saturated rings. The predicted octanol–water partition coefficient (Wildman–Crippen LogP) is 4.05. The molecule has 2 bridgehead atoms. The van der Waals surface area contributed by atoms with Crippen LogP contribution in [-0.2, 0) is 9.59 Å². The van der Waals surface area contributed by atoms with Crippen LogP contribution in [0.4, 0.5) is 0 Å². The molecular formula is C15H28O2. The number of Topliss-reactive ketones (excluding diaryl/α,β-unsaturated/α-hetero) is 2. The van der Waals surface area contributed by atoms with Crippen molar-refractivity contribution >= 4 is 11.6 Å². The maximum Gasteiger partial charge on any atom is 0.126 e. The zero-order chi connectivity index (χ0) is 12.7. The van der Waals surface area contributed by atoms with Crippen molar-refractivity contribution < 1.29 is 9.59 Å². The van der Waals surface area contributed by atoms with Gasteiger partial charge >= 0.3 is 0 Å². The van der Waals surface area contributed by atoms with E-state index in [4.69, 9.17) is 0 Å². The van der Waals surface area contributed by atoms with Crippen molar-refractivity contribution in [3.8, 4) is 0 Å². The molecule has 0 aromatic heterocycles. The zero-order valence-electron chi connectivity index (χ0n) is 11.1. The highest BCUT2D eigenvalue weighted by Gasteiger charge is 2.32. The van der Waals surface area contributed by atoms with Gasteiger partial charge in [-0.2, -0.15) is 0 Å². The van der Waals surface area contributed by atoms with Gasteiger partial charge in [-0.25, -0.2) is 0 Å². The Morgan fingerprint density at radius 3 is 1.47 bits per heavy atom. The lowest BCUT2D eigenvalue weighted by Gasteiger charge is -2.09. The highest BCUT2D eigenvalue weighted by Crippen LogP contribution is 2.42. The molecule has 1 saturated carbocycles. The SMILES string of the molecule is C.CC(C)=O.CC(C)=O.CC1CC2C=CC1C2. The standard InChI is InChI=1S/C8H12.2C3H6O.CH4/c1-6-4-7-2-3-8(6)5-7;2*1-3(2)4;/h2-3,6-8H,4-5H2,1H3;2*1-2H3;1H4. The molecule has 0 saturated heterocycles. The second-order valence-electron chi connectivity index (χ2n) is 5.07. The van der Waals surface area contributed by atoms with Crippen molar-refractivity contribution in [2.24, 2.45) is 17.8 Å². The molecule has 0 aromatic carbocycles. The van der Waals surface area contributed by atoms with Gasteiger partial charge in [-0.1, -0.05) is 26.5 Å². The highest BCUT2D eigenvalue weighted by atomic mass is 16.1. The Labute approximate surface area is 106 Å². The number of hydrogen-bond donors (Lipinski definition) is 0. The van der Waals surface area contributed by atoms with E-state index in [9.17, 15) is 9.59 Å². The lowest BCUT2D eigenvalue weighted by atomic mass is 9.96. The number of fused-ring (bicyclic) bond motifs is 2. The molecule has 0 heterocycles. The molecule has 0 amide bonds. The largest absolute Gasteiger partial charge is 0.300 e. The monoisotopic (exact) mass is 240 g/mol. The van der Waals surface area contributed by atoms with Gasteiger partial charge in [0.05, 0.1) is 0 Å². The minimum Gasteiger partial charge on any atom is -0.300 e. The maximum atomic E-state index is 9.44. The van der Waals surface area contributed by atoms with Crippen molar-refractivity contribution in [2.45, 2.75) is 54.9 Å². The molecule has 0 aromatic rings. The van der Waals surface area contributed by atoms with Gasteiger partial charge in [-0.05, 0) is 58.3 Å². The van der Waals surface area contributed by atoms with Gasteiger partial charge in [-0.15, -0.1) is 0 Å². The van der Waals surface area contributed by atoms with Crippen LogP contribution in [0.25, 0.3) is 0 Å². The number of ketones is 2. The number of rotatable bonds is 0. The fourth-order valence-corrected chi connectivity index (χ4v) is 2.06. The number of hydrogen-bond acceptors (Lipinski definition) is 2. The average Bonchev–Trinajstić information content (AvgIpc) is 2.61. The van der Waals surface area contributed by atoms with E-state index < -0.39 is 0 Å². The van der Waals surface area contributed by atoms with E-state index in [2.05, 4.69) is 19.1 Å². The molecule has 3 atom stereocenters. The van der Waals surface area contributed by atoms with Crippen LogP contribution in [0.5, 0.6) is 0 Å². The van der Waals surface area contributed by atoms with Gasteiger partial charge in [0.15, 0.2) is 0 Å². The Kier molecular flexibility index (Phi) is 9.92. The van der Waals surface area contributed by atoms with E-state index in [0.29, 0.717) is 0 Å². The summed E-state index contributed by atoms with van der Waals surface area (Å²) in [6, 6.07) is 0. The summed E-state index contributed by atoms with van der Waals surface area (Å²) in [4.78, 5) is 18.9. The molecule has 2 rings (SSSR count). The minimum absolute atomic E-state index is 0. The summed E-state index contributed by atoms with van der Waals surface area (Å²) < 4.78 is 0. The number of carbonyl (C=O) groups excluding carboxylic acids is 2. The molecule has 0 N–H and O–H groups in total. The minimum atomic E-state index is 0. The molecule has 2 nitrogen and oxygen atoms in total. The molecule has 2 aliphatic rings. The Hall–Kier alpha value is -0.920. The average molecular weight is 240 g/mol. The van der Waals surface area contributed by atoms with Gasteiger partial charge in [0, 0.05) is 0 Å². The third-order valence-electron chi connectivity index (χ3n) is 2.61. The third-order valence-corrected chi connectivity index (χ3v) is 2.61. The summed E-state index contributed by atoms with van der Waals surface area (Å²) in [6.45, 7) is 8.48. The van der Waals surface area contributed by atoms with Gasteiger partial charge in [0.1, 0.15) is 11.6 Å². The molecular weight excluding hydrogens is 212 g/mol. The lowest BCUT2D eigenvalue weighted by molar-refractivity contribution is -0.115. The smallest absolute Gasteiger partial charge is 0.126 e. The fourth-order valence-electron chi connectivity index (χ4n) is 2.06. The molecule has 0 spiro atoms. The molecule has 2 aliphatic carbocycles. The quantitative estimate of drug-likeness (QED) is 0.599. The van der Waals surface area contributed by atoms with Gasteiger partial charge in [-0.3, -0.25) is 0 Å². The van der Waals surface area contributed by atoms with Gasteiger partial charge in [0.25, 0.3) is 0 Å². The summed E-state index contributed by atoms with van der Waals surface area (Å²) >= 11 is 0. The molecule has 0 radical (unpaired) electrons. The summed E-state index contributed by atoms with van der Waals surface area (Å²) in [5.74, 6) is 3.25. The van der Waals surface area contributed by atoms with Gasteiger partial charge < -0.3 is 9.59 Å². The third kappa shape index (κ3) is 9.98. The Morgan fingerprint density at radius 2 is 1.35 bits per heavy atom. The highest BCUT2D eigenvalue weighted by molar-refractivity contribution is 5.72. The second kappa shape index (κ2) is 9.15. The van der Waals surface area contributed by atoms with Crippen LogP contribution in [0.15, 0.2) is 12.2 Å². The van der Waals surface area contributed by atoms with Crippen LogP contribution < -0.4 is 0 Å². The van der Waals surface area contributed by atoms with E-state index in [0.717, 1.165) is 17.8 Å². The molecule has 17 heavy (non-hydrogen) atoms. The first-order valence-corrected chi connectivity index (χ1v) is 5.95. The summed E-state index contributed by atoms with van der Waals surface area (Å²) in [5, 5.41) is 0. The van der Waals surface area contributed by atoms with Crippen LogP contribution in [-0.4, -0.2) is 11.6 Å². The van der Waals surface area contributed by atoms with E-state index >= 15 is 0 Å². The van der Waals surface area contributed by atoms with Crippen molar-refractivity contribution in [3.05, 3.63) is 12.2 Å². The zero-order valence-corrected chi connectivity index (χ0v) is 11.1. The molecule has 3 unspecified atom stereocenters. The van der Waals surface area contributed by atoms with E-state index in [1.807, 2.05) is 0 Å². The van der Waals surface area contributed by atoms with Crippen molar-refractivity contribution in [1.82, 2.24) is 0 Å². The second-order valence-corrected chi connectivity index (χ2v) is 5.07. The van der Waals surface area contributed by atoms with Crippen LogP contribution in [0, 0.1) is 17.8 Å². The summed E-state index contributed by atoms with van der Waals surface area (Å²) in [7, 11) is 0. The first-order valence-electron chi connectivity index (χ1n) is 5.95. The Balaban J connectivity index is 0.